The Labute approximate surface area is 148 Å². The first-order valence-corrected chi connectivity index (χ1v) is 8.80. The SMILES string of the molecule is CCCCCCOc1ccc(-c2cc(C(=O)NCC)nc(N)n2)cc1. The van der Waals surface area contributed by atoms with Crippen molar-refractivity contribution in [2.45, 2.75) is 39.5 Å². The number of benzene rings is 1. The Hall–Kier alpha value is -2.63. The van der Waals surface area contributed by atoms with Crippen LogP contribution in [-0.2, 0) is 0 Å². The molecule has 6 nitrogen and oxygen atoms in total. The zero-order valence-electron chi connectivity index (χ0n) is 14.9. The summed E-state index contributed by atoms with van der Waals surface area (Å²) < 4.78 is 5.74. The number of amides is 1. The van der Waals surface area contributed by atoms with Crippen molar-refractivity contribution >= 4 is 11.9 Å². The van der Waals surface area contributed by atoms with Crippen LogP contribution in [-0.4, -0.2) is 29.0 Å². The van der Waals surface area contributed by atoms with Gasteiger partial charge in [-0.2, -0.15) is 0 Å². The maximum Gasteiger partial charge on any atom is 0.270 e. The Kier molecular flexibility index (Phi) is 7.19. The average Bonchev–Trinajstić information content (AvgIpc) is 2.62. The minimum absolute atomic E-state index is 0.0787. The van der Waals surface area contributed by atoms with Gasteiger partial charge in [0.25, 0.3) is 5.91 Å². The van der Waals surface area contributed by atoms with Gasteiger partial charge in [-0.15, -0.1) is 0 Å². The molecule has 134 valence electrons. The Morgan fingerprint density at radius 1 is 1.12 bits per heavy atom. The highest BCUT2D eigenvalue weighted by atomic mass is 16.5. The van der Waals surface area contributed by atoms with Gasteiger partial charge in [0.2, 0.25) is 5.95 Å². The van der Waals surface area contributed by atoms with E-state index in [1.165, 1.54) is 19.3 Å². The van der Waals surface area contributed by atoms with Crippen molar-refractivity contribution in [2.24, 2.45) is 0 Å². The molecule has 0 fully saturated rings. The Morgan fingerprint density at radius 2 is 1.88 bits per heavy atom. The van der Waals surface area contributed by atoms with Gasteiger partial charge in [0.1, 0.15) is 11.4 Å². The van der Waals surface area contributed by atoms with E-state index in [1.54, 1.807) is 6.07 Å². The molecule has 0 radical (unpaired) electrons. The summed E-state index contributed by atoms with van der Waals surface area (Å²) in [7, 11) is 0. The molecule has 2 aromatic rings. The lowest BCUT2D eigenvalue weighted by atomic mass is 10.1. The van der Waals surface area contributed by atoms with Gasteiger partial charge in [-0.05, 0) is 43.7 Å². The molecule has 0 aliphatic rings. The number of aromatic nitrogens is 2. The maximum absolute atomic E-state index is 12.0. The molecule has 0 aliphatic carbocycles. The van der Waals surface area contributed by atoms with Crippen molar-refractivity contribution in [1.29, 1.82) is 0 Å². The first-order valence-electron chi connectivity index (χ1n) is 8.80. The number of unbranched alkanes of at least 4 members (excludes halogenated alkanes) is 3. The van der Waals surface area contributed by atoms with Crippen LogP contribution in [0.25, 0.3) is 11.3 Å². The van der Waals surface area contributed by atoms with Crippen LogP contribution in [0.4, 0.5) is 5.95 Å². The van der Waals surface area contributed by atoms with Gasteiger partial charge in [-0.3, -0.25) is 4.79 Å². The first-order chi connectivity index (χ1) is 12.1. The molecule has 2 rings (SSSR count). The van der Waals surface area contributed by atoms with Crippen LogP contribution >= 0.6 is 0 Å². The predicted molar refractivity (Wildman–Crippen MR) is 99.5 cm³/mol. The number of nitrogen functional groups attached to an aromatic ring is 1. The molecule has 3 N–H and O–H groups in total. The normalized spacial score (nSPS) is 10.5. The molecule has 0 spiro atoms. The summed E-state index contributed by atoms with van der Waals surface area (Å²) in [6.45, 7) is 5.30. The lowest BCUT2D eigenvalue weighted by Gasteiger charge is -2.08. The standard InChI is InChI=1S/C19H26N4O2/c1-3-5-6-7-12-25-15-10-8-14(9-11-15)16-13-17(18(24)21-4-2)23-19(20)22-16/h8-11,13H,3-7,12H2,1-2H3,(H,21,24)(H2,20,22,23). The van der Waals surface area contributed by atoms with Crippen LogP contribution in [0.5, 0.6) is 5.75 Å². The second-order valence-electron chi connectivity index (χ2n) is 5.79. The number of nitrogens with zero attached hydrogens (tertiary/aromatic N) is 2. The Morgan fingerprint density at radius 3 is 2.56 bits per heavy atom. The minimum atomic E-state index is -0.259. The molecule has 1 aromatic carbocycles. The molecule has 25 heavy (non-hydrogen) atoms. The highest BCUT2D eigenvalue weighted by Gasteiger charge is 2.11. The molecule has 1 aromatic heterocycles. The monoisotopic (exact) mass is 342 g/mol. The number of nitrogens with one attached hydrogen (secondary N) is 1. The fourth-order valence-corrected chi connectivity index (χ4v) is 2.42. The van der Waals surface area contributed by atoms with E-state index in [4.69, 9.17) is 10.5 Å². The van der Waals surface area contributed by atoms with Crippen molar-refractivity contribution < 1.29 is 9.53 Å². The maximum atomic E-state index is 12.0. The van der Waals surface area contributed by atoms with E-state index in [1.807, 2.05) is 31.2 Å². The molecule has 0 saturated heterocycles. The number of anilines is 1. The average molecular weight is 342 g/mol. The molecule has 0 atom stereocenters. The molecular weight excluding hydrogens is 316 g/mol. The third kappa shape index (κ3) is 5.74. The summed E-state index contributed by atoms with van der Waals surface area (Å²) >= 11 is 0. The second-order valence-corrected chi connectivity index (χ2v) is 5.79. The number of nitrogens with two attached hydrogens (primary N) is 1. The zero-order chi connectivity index (χ0) is 18.1. The fraction of sp³-hybridized carbons (Fsp3) is 0.421. The van der Waals surface area contributed by atoms with Crippen LogP contribution in [0.15, 0.2) is 30.3 Å². The van der Waals surface area contributed by atoms with E-state index in [9.17, 15) is 4.79 Å². The van der Waals surface area contributed by atoms with E-state index in [0.29, 0.717) is 12.2 Å². The highest BCUT2D eigenvalue weighted by Crippen LogP contribution is 2.22. The summed E-state index contributed by atoms with van der Waals surface area (Å²) in [6.07, 6.45) is 4.71. The van der Waals surface area contributed by atoms with Gasteiger partial charge in [0.15, 0.2) is 0 Å². The van der Waals surface area contributed by atoms with Crippen molar-refractivity contribution in [3.63, 3.8) is 0 Å². The van der Waals surface area contributed by atoms with Gasteiger partial charge < -0.3 is 15.8 Å². The summed E-state index contributed by atoms with van der Waals surface area (Å²) in [5.41, 5.74) is 7.48. The molecule has 0 unspecified atom stereocenters. The quantitative estimate of drug-likeness (QED) is 0.681. The van der Waals surface area contributed by atoms with Crippen molar-refractivity contribution in [3.8, 4) is 17.0 Å². The predicted octanol–water partition coefficient (Wildman–Crippen LogP) is 3.43. The largest absolute Gasteiger partial charge is 0.494 e. The lowest BCUT2D eigenvalue weighted by Crippen LogP contribution is -2.24. The summed E-state index contributed by atoms with van der Waals surface area (Å²) in [5.74, 6) is 0.645. The number of hydrogen-bond donors (Lipinski definition) is 2. The van der Waals surface area contributed by atoms with Crippen molar-refractivity contribution in [3.05, 3.63) is 36.0 Å². The van der Waals surface area contributed by atoms with Crippen LogP contribution < -0.4 is 15.8 Å². The van der Waals surface area contributed by atoms with Crippen LogP contribution in [0.2, 0.25) is 0 Å². The molecule has 6 heteroatoms. The van der Waals surface area contributed by atoms with Crippen LogP contribution in [0.3, 0.4) is 0 Å². The van der Waals surface area contributed by atoms with E-state index in [2.05, 4.69) is 22.2 Å². The number of carbonyl (C=O) groups excluding carboxylic acids is 1. The third-order valence-electron chi connectivity index (χ3n) is 3.73. The molecule has 0 bridgehead atoms. The zero-order valence-corrected chi connectivity index (χ0v) is 14.9. The Balaban J connectivity index is 2.05. The van der Waals surface area contributed by atoms with Gasteiger partial charge in [-0.1, -0.05) is 26.2 Å². The van der Waals surface area contributed by atoms with E-state index in [0.717, 1.165) is 24.3 Å². The number of carbonyl (C=O) groups is 1. The van der Waals surface area contributed by atoms with E-state index in [-0.39, 0.29) is 17.5 Å². The summed E-state index contributed by atoms with van der Waals surface area (Å²) in [5, 5.41) is 2.71. The topological polar surface area (TPSA) is 90.1 Å². The molecule has 1 amide bonds. The highest BCUT2D eigenvalue weighted by molar-refractivity contribution is 5.93. The fourth-order valence-electron chi connectivity index (χ4n) is 2.42. The minimum Gasteiger partial charge on any atom is -0.494 e. The summed E-state index contributed by atoms with van der Waals surface area (Å²) in [4.78, 5) is 20.2. The van der Waals surface area contributed by atoms with Crippen LogP contribution in [0.1, 0.15) is 50.0 Å². The third-order valence-corrected chi connectivity index (χ3v) is 3.73. The molecule has 0 aliphatic heterocycles. The number of rotatable bonds is 9. The van der Waals surface area contributed by atoms with Gasteiger partial charge >= 0.3 is 0 Å². The van der Waals surface area contributed by atoms with E-state index >= 15 is 0 Å². The number of hydrogen-bond acceptors (Lipinski definition) is 5. The Bertz CT molecular complexity index is 686. The van der Waals surface area contributed by atoms with Crippen LogP contribution in [0, 0.1) is 0 Å². The first kappa shape index (κ1) is 18.7. The smallest absolute Gasteiger partial charge is 0.270 e. The molecule has 0 saturated carbocycles. The van der Waals surface area contributed by atoms with Crippen molar-refractivity contribution in [2.75, 3.05) is 18.9 Å². The van der Waals surface area contributed by atoms with Gasteiger partial charge in [-0.25, -0.2) is 9.97 Å². The lowest BCUT2D eigenvalue weighted by molar-refractivity contribution is 0.0951. The molecular formula is C19H26N4O2. The number of ether oxygens (including phenoxy) is 1. The molecule has 1 heterocycles. The van der Waals surface area contributed by atoms with Gasteiger partial charge in [0.05, 0.1) is 12.3 Å². The second kappa shape index (κ2) is 9.61. The summed E-state index contributed by atoms with van der Waals surface area (Å²) in [6, 6.07) is 9.26. The van der Waals surface area contributed by atoms with Gasteiger partial charge in [0, 0.05) is 12.1 Å². The van der Waals surface area contributed by atoms with E-state index < -0.39 is 0 Å². The van der Waals surface area contributed by atoms with Crippen molar-refractivity contribution in [1.82, 2.24) is 15.3 Å².